The van der Waals surface area contributed by atoms with E-state index in [1.54, 1.807) is 60.4 Å². The summed E-state index contributed by atoms with van der Waals surface area (Å²) in [5, 5.41) is 12.7. The molecule has 2 amide bonds. The van der Waals surface area contributed by atoms with E-state index in [0.717, 1.165) is 11.8 Å². The van der Waals surface area contributed by atoms with Gasteiger partial charge in [-0.15, -0.1) is 0 Å². The van der Waals surface area contributed by atoms with Gasteiger partial charge in [-0.05, 0) is 62.0 Å². The van der Waals surface area contributed by atoms with Crippen molar-refractivity contribution in [2.75, 3.05) is 48.8 Å². The summed E-state index contributed by atoms with van der Waals surface area (Å²) in [5.41, 5.74) is 8.97. The van der Waals surface area contributed by atoms with Gasteiger partial charge < -0.3 is 25.8 Å². The number of nitrogens with one attached hydrogen (secondary N) is 2. The van der Waals surface area contributed by atoms with E-state index in [1.165, 1.54) is 6.07 Å². The standard InChI is InChI=1S/C31H39N5O6S/c1-20-16-36(21(2)19-37)31(39)25-15-24(34-43(4,40)41)13-14-28(25)42-29(20)18-35(3)17-22-9-11-23(12-10-22)30(38)33-27-8-6-5-7-26(27)32/h5-15,20-21,29,34,37H,16-19,32H2,1-4H3,(H,33,38)/t20-,21+,29+/m1/s1. The molecule has 0 saturated carbocycles. The Morgan fingerprint density at radius 1 is 1.16 bits per heavy atom. The summed E-state index contributed by atoms with van der Waals surface area (Å²) in [6.45, 7) is 5.01. The maximum atomic E-state index is 13.5. The number of likely N-dealkylation sites (N-methyl/N-ethyl adjacent to an activating group) is 1. The Labute approximate surface area is 252 Å². The lowest BCUT2D eigenvalue weighted by atomic mass is 9.99. The molecular weight excluding hydrogens is 570 g/mol. The summed E-state index contributed by atoms with van der Waals surface area (Å²) in [6.07, 6.45) is 0.722. The number of aliphatic hydroxyl groups is 1. The number of sulfonamides is 1. The third-order valence-corrected chi connectivity index (χ3v) is 7.94. The molecule has 0 spiro atoms. The van der Waals surface area contributed by atoms with Crippen molar-refractivity contribution in [3.05, 3.63) is 83.4 Å². The van der Waals surface area contributed by atoms with Crippen molar-refractivity contribution in [3.8, 4) is 5.75 Å². The van der Waals surface area contributed by atoms with Crippen molar-refractivity contribution in [2.24, 2.45) is 5.92 Å². The molecule has 3 atom stereocenters. The highest BCUT2D eigenvalue weighted by atomic mass is 32.2. The minimum atomic E-state index is -3.55. The van der Waals surface area contributed by atoms with Crippen LogP contribution in [0.3, 0.4) is 0 Å². The molecule has 1 aliphatic rings. The number of para-hydroxylation sites is 2. The van der Waals surface area contributed by atoms with Gasteiger partial charge in [-0.2, -0.15) is 0 Å². The van der Waals surface area contributed by atoms with Crippen LogP contribution in [-0.4, -0.2) is 80.3 Å². The van der Waals surface area contributed by atoms with Crippen LogP contribution in [0.4, 0.5) is 17.1 Å². The SMILES string of the molecule is C[C@@H]1CN([C@@H](C)CO)C(=O)c2cc(NS(C)(=O)=O)ccc2O[C@H]1CN(C)Cc1ccc(C(=O)Nc2ccccc2N)cc1. The summed E-state index contributed by atoms with van der Waals surface area (Å²) < 4.78 is 32.4. The van der Waals surface area contributed by atoms with Crippen LogP contribution in [0.25, 0.3) is 0 Å². The third-order valence-electron chi connectivity index (χ3n) is 7.34. The first kappa shape index (κ1) is 31.8. The maximum Gasteiger partial charge on any atom is 0.258 e. The van der Waals surface area contributed by atoms with Gasteiger partial charge in [0, 0.05) is 36.8 Å². The normalized spacial score (nSPS) is 17.8. The first-order valence-electron chi connectivity index (χ1n) is 14.0. The van der Waals surface area contributed by atoms with Crippen molar-refractivity contribution in [2.45, 2.75) is 32.5 Å². The van der Waals surface area contributed by atoms with Gasteiger partial charge in [-0.1, -0.05) is 31.2 Å². The second-order valence-corrected chi connectivity index (χ2v) is 12.9. The third kappa shape index (κ3) is 8.25. The lowest BCUT2D eigenvalue weighted by Gasteiger charge is -2.38. The Morgan fingerprint density at radius 2 is 1.86 bits per heavy atom. The number of fused-ring (bicyclic) bond motifs is 1. The second-order valence-electron chi connectivity index (χ2n) is 11.1. The molecule has 3 aromatic rings. The zero-order valence-corrected chi connectivity index (χ0v) is 25.6. The fourth-order valence-electron chi connectivity index (χ4n) is 4.97. The predicted molar refractivity (Wildman–Crippen MR) is 168 cm³/mol. The number of benzene rings is 3. The average molecular weight is 610 g/mol. The van der Waals surface area contributed by atoms with Gasteiger partial charge in [0.1, 0.15) is 11.9 Å². The van der Waals surface area contributed by atoms with Crippen LogP contribution >= 0.6 is 0 Å². The summed E-state index contributed by atoms with van der Waals surface area (Å²) >= 11 is 0. The van der Waals surface area contributed by atoms with Crippen LogP contribution in [0.5, 0.6) is 5.75 Å². The van der Waals surface area contributed by atoms with Crippen molar-refractivity contribution < 1.29 is 27.9 Å². The minimum Gasteiger partial charge on any atom is -0.488 e. The van der Waals surface area contributed by atoms with Gasteiger partial charge in [-0.3, -0.25) is 19.2 Å². The minimum absolute atomic E-state index is 0.0844. The topological polar surface area (TPSA) is 154 Å². The van der Waals surface area contributed by atoms with Crippen LogP contribution in [0, 0.1) is 5.92 Å². The largest absolute Gasteiger partial charge is 0.488 e. The molecular formula is C31H39N5O6S. The second kappa shape index (κ2) is 13.4. The van der Waals surface area contributed by atoms with E-state index < -0.39 is 16.1 Å². The number of nitrogen functional groups attached to an aromatic ring is 1. The molecule has 0 fully saturated rings. The monoisotopic (exact) mass is 609 g/mol. The molecule has 0 bridgehead atoms. The van der Waals surface area contributed by atoms with Crippen LogP contribution < -0.4 is 20.5 Å². The van der Waals surface area contributed by atoms with Gasteiger partial charge in [0.25, 0.3) is 11.8 Å². The molecule has 1 aliphatic heterocycles. The molecule has 11 nitrogen and oxygen atoms in total. The van der Waals surface area contributed by atoms with E-state index in [2.05, 4.69) is 14.9 Å². The Hall–Kier alpha value is -4.13. The molecule has 43 heavy (non-hydrogen) atoms. The summed E-state index contributed by atoms with van der Waals surface area (Å²) in [4.78, 5) is 29.9. The molecule has 0 aliphatic carbocycles. The number of rotatable bonds is 10. The van der Waals surface area contributed by atoms with E-state index in [0.29, 0.717) is 42.3 Å². The molecule has 0 saturated heterocycles. The van der Waals surface area contributed by atoms with E-state index in [9.17, 15) is 23.1 Å². The lowest BCUT2D eigenvalue weighted by Crippen LogP contribution is -2.49. The molecule has 3 aromatic carbocycles. The van der Waals surface area contributed by atoms with E-state index in [1.807, 2.05) is 26.1 Å². The highest BCUT2D eigenvalue weighted by molar-refractivity contribution is 7.92. The van der Waals surface area contributed by atoms with Crippen molar-refractivity contribution in [1.82, 2.24) is 9.80 Å². The van der Waals surface area contributed by atoms with Crippen molar-refractivity contribution in [3.63, 3.8) is 0 Å². The molecule has 230 valence electrons. The molecule has 1 heterocycles. The van der Waals surface area contributed by atoms with Crippen LogP contribution in [0.1, 0.15) is 40.1 Å². The van der Waals surface area contributed by atoms with Crippen LogP contribution in [0.2, 0.25) is 0 Å². The van der Waals surface area contributed by atoms with Crippen LogP contribution in [-0.2, 0) is 16.6 Å². The fraction of sp³-hybridized carbons (Fsp3) is 0.355. The summed E-state index contributed by atoms with van der Waals surface area (Å²) in [5.74, 6) is -0.330. The quantitative estimate of drug-likeness (QED) is 0.256. The summed E-state index contributed by atoms with van der Waals surface area (Å²) in [6, 6.07) is 18.6. The number of hydrogen-bond donors (Lipinski definition) is 4. The number of aliphatic hydroxyl groups excluding tert-OH is 1. The fourth-order valence-corrected chi connectivity index (χ4v) is 5.52. The number of ether oxygens (including phenoxy) is 1. The molecule has 0 unspecified atom stereocenters. The van der Waals surface area contributed by atoms with Gasteiger partial charge in [0.05, 0.1) is 35.8 Å². The number of nitrogens with two attached hydrogens (primary N) is 1. The number of carbonyl (C=O) groups is 2. The van der Waals surface area contributed by atoms with Gasteiger partial charge >= 0.3 is 0 Å². The lowest BCUT2D eigenvalue weighted by molar-refractivity contribution is 0.0341. The smallest absolute Gasteiger partial charge is 0.258 e. The van der Waals surface area contributed by atoms with Gasteiger partial charge in [-0.25, -0.2) is 8.42 Å². The maximum absolute atomic E-state index is 13.5. The molecule has 0 aromatic heterocycles. The zero-order valence-electron chi connectivity index (χ0n) is 24.8. The number of anilines is 3. The van der Waals surface area contributed by atoms with Crippen molar-refractivity contribution in [1.29, 1.82) is 0 Å². The number of amides is 2. The first-order chi connectivity index (χ1) is 20.3. The Kier molecular flexibility index (Phi) is 9.95. The van der Waals surface area contributed by atoms with E-state index >= 15 is 0 Å². The molecule has 5 N–H and O–H groups in total. The molecule has 12 heteroatoms. The molecule has 4 rings (SSSR count). The number of hydrogen-bond acceptors (Lipinski definition) is 8. The zero-order chi connectivity index (χ0) is 31.3. The van der Waals surface area contributed by atoms with Gasteiger partial charge in [0.2, 0.25) is 10.0 Å². The van der Waals surface area contributed by atoms with Crippen LogP contribution in [0.15, 0.2) is 66.7 Å². The van der Waals surface area contributed by atoms with Crippen molar-refractivity contribution >= 4 is 38.9 Å². The average Bonchev–Trinajstić information content (AvgIpc) is 2.95. The van der Waals surface area contributed by atoms with E-state index in [-0.39, 0.29) is 41.7 Å². The Bertz CT molecular complexity index is 1560. The number of carbonyl (C=O) groups excluding carboxylic acids is 2. The Morgan fingerprint density at radius 3 is 2.51 bits per heavy atom. The highest BCUT2D eigenvalue weighted by Gasteiger charge is 2.33. The summed E-state index contributed by atoms with van der Waals surface area (Å²) in [7, 11) is -1.59. The predicted octanol–water partition coefficient (Wildman–Crippen LogP) is 3.24. The number of nitrogens with zero attached hydrogens (tertiary/aromatic N) is 2. The molecule has 0 radical (unpaired) electrons. The highest BCUT2D eigenvalue weighted by Crippen LogP contribution is 2.31. The Balaban J connectivity index is 1.49. The van der Waals surface area contributed by atoms with Gasteiger partial charge in [0.15, 0.2) is 0 Å². The van der Waals surface area contributed by atoms with E-state index in [4.69, 9.17) is 10.5 Å². The first-order valence-corrected chi connectivity index (χ1v) is 15.9.